The van der Waals surface area contributed by atoms with Gasteiger partial charge in [-0.25, -0.2) is 0 Å². The molecule has 84 valence electrons. The fourth-order valence-corrected chi connectivity index (χ4v) is 2.43. The zero-order valence-corrected chi connectivity index (χ0v) is 10.1. The summed E-state index contributed by atoms with van der Waals surface area (Å²) in [6, 6.07) is 0. The van der Waals surface area contributed by atoms with Gasteiger partial charge in [0, 0.05) is 17.4 Å². The van der Waals surface area contributed by atoms with Crippen molar-refractivity contribution in [1.29, 1.82) is 0 Å². The van der Waals surface area contributed by atoms with Crippen LogP contribution < -0.4 is 0 Å². The SMILES string of the molecule is CC1(C)CCC2=C(O1)C(C)(C)CCC2=O. The van der Waals surface area contributed by atoms with Gasteiger partial charge in [0.05, 0.1) is 0 Å². The van der Waals surface area contributed by atoms with Crippen molar-refractivity contribution in [3.8, 4) is 0 Å². The van der Waals surface area contributed by atoms with Crippen molar-refractivity contribution in [2.24, 2.45) is 5.41 Å². The lowest BCUT2D eigenvalue weighted by Crippen LogP contribution is -2.38. The van der Waals surface area contributed by atoms with Gasteiger partial charge in [-0.3, -0.25) is 4.79 Å². The van der Waals surface area contributed by atoms with Crippen LogP contribution in [0.25, 0.3) is 0 Å². The summed E-state index contributed by atoms with van der Waals surface area (Å²) in [5.74, 6) is 1.27. The molecule has 2 heteroatoms. The van der Waals surface area contributed by atoms with Crippen molar-refractivity contribution >= 4 is 5.78 Å². The van der Waals surface area contributed by atoms with E-state index in [4.69, 9.17) is 4.74 Å². The average molecular weight is 208 g/mol. The van der Waals surface area contributed by atoms with Gasteiger partial charge < -0.3 is 4.74 Å². The van der Waals surface area contributed by atoms with E-state index in [1.807, 2.05) is 0 Å². The second-order valence-corrected chi connectivity index (χ2v) is 5.98. The van der Waals surface area contributed by atoms with Gasteiger partial charge in [0.15, 0.2) is 5.78 Å². The zero-order chi connectivity index (χ0) is 11.3. The van der Waals surface area contributed by atoms with Crippen LogP contribution in [0.3, 0.4) is 0 Å². The number of hydrogen-bond acceptors (Lipinski definition) is 2. The van der Waals surface area contributed by atoms with E-state index in [2.05, 4.69) is 27.7 Å². The number of ether oxygens (including phenoxy) is 1. The first-order valence-corrected chi connectivity index (χ1v) is 5.78. The Bertz CT molecular complexity index is 334. The van der Waals surface area contributed by atoms with Crippen LogP contribution in [-0.4, -0.2) is 11.4 Å². The standard InChI is InChI=1S/C13H20O2/c1-12(2)7-6-10(14)9-5-8-13(3,4)15-11(9)12/h5-8H2,1-4H3. The Morgan fingerprint density at radius 2 is 1.73 bits per heavy atom. The van der Waals surface area contributed by atoms with Crippen LogP contribution in [-0.2, 0) is 9.53 Å². The Morgan fingerprint density at radius 3 is 2.40 bits per heavy atom. The molecular weight excluding hydrogens is 188 g/mol. The number of Topliss-reactive ketones (excluding diaryl/α,β-unsaturated/α-hetero) is 1. The van der Waals surface area contributed by atoms with Crippen LogP contribution in [0.1, 0.15) is 53.4 Å². The maximum Gasteiger partial charge on any atom is 0.162 e. The van der Waals surface area contributed by atoms with Crippen LogP contribution in [0.5, 0.6) is 0 Å². The summed E-state index contributed by atoms with van der Waals surface area (Å²) in [6.45, 7) is 8.56. The summed E-state index contributed by atoms with van der Waals surface area (Å²) in [5.41, 5.74) is 0.903. The molecule has 0 radical (unpaired) electrons. The molecule has 0 unspecified atom stereocenters. The number of carbonyl (C=O) groups is 1. The molecule has 15 heavy (non-hydrogen) atoms. The van der Waals surface area contributed by atoms with Gasteiger partial charge in [-0.05, 0) is 33.1 Å². The van der Waals surface area contributed by atoms with Crippen molar-refractivity contribution in [3.05, 3.63) is 11.3 Å². The number of rotatable bonds is 0. The lowest BCUT2D eigenvalue weighted by Gasteiger charge is -2.42. The molecule has 2 aliphatic rings. The molecule has 1 aliphatic heterocycles. The maximum absolute atomic E-state index is 11.8. The van der Waals surface area contributed by atoms with E-state index in [-0.39, 0.29) is 11.0 Å². The Labute approximate surface area is 91.7 Å². The van der Waals surface area contributed by atoms with E-state index in [1.54, 1.807) is 0 Å². The number of carbonyl (C=O) groups excluding carboxylic acids is 1. The largest absolute Gasteiger partial charge is 0.491 e. The maximum atomic E-state index is 11.8. The van der Waals surface area contributed by atoms with E-state index in [1.165, 1.54) is 0 Å². The predicted molar refractivity (Wildman–Crippen MR) is 59.4 cm³/mol. The Kier molecular flexibility index (Phi) is 2.21. The van der Waals surface area contributed by atoms with Crippen molar-refractivity contribution in [2.75, 3.05) is 0 Å². The first kappa shape index (κ1) is 10.7. The molecule has 0 bridgehead atoms. The molecule has 1 aliphatic carbocycles. The van der Waals surface area contributed by atoms with Crippen molar-refractivity contribution in [2.45, 2.75) is 59.0 Å². The first-order chi connectivity index (χ1) is 6.82. The molecular formula is C13H20O2. The molecule has 0 spiro atoms. The Balaban J connectivity index is 2.42. The van der Waals surface area contributed by atoms with Crippen LogP contribution in [0.4, 0.5) is 0 Å². The van der Waals surface area contributed by atoms with Crippen LogP contribution in [0.15, 0.2) is 11.3 Å². The fraction of sp³-hybridized carbons (Fsp3) is 0.769. The van der Waals surface area contributed by atoms with Gasteiger partial charge in [0.2, 0.25) is 0 Å². The van der Waals surface area contributed by atoms with E-state index >= 15 is 0 Å². The van der Waals surface area contributed by atoms with Gasteiger partial charge in [-0.15, -0.1) is 0 Å². The molecule has 0 aromatic carbocycles. The molecule has 2 rings (SSSR count). The van der Waals surface area contributed by atoms with Gasteiger partial charge in [0.25, 0.3) is 0 Å². The minimum atomic E-state index is -0.103. The molecule has 0 aromatic rings. The van der Waals surface area contributed by atoms with Crippen molar-refractivity contribution < 1.29 is 9.53 Å². The molecule has 0 N–H and O–H groups in total. The van der Waals surface area contributed by atoms with E-state index in [0.717, 1.165) is 30.6 Å². The third-order valence-electron chi connectivity index (χ3n) is 3.56. The van der Waals surface area contributed by atoms with Crippen LogP contribution in [0, 0.1) is 5.41 Å². The van der Waals surface area contributed by atoms with Crippen LogP contribution in [0.2, 0.25) is 0 Å². The quantitative estimate of drug-likeness (QED) is 0.611. The number of ketones is 1. The molecule has 0 saturated heterocycles. The topological polar surface area (TPSA) is 26.3 Å². The summed E-state index contributed by atoms with van der Waals surface area (Å²) in [6.07, 6.45) is 3.45. The first-order valence-electron chi connectivity index (χ1n) is 5.78. The van der Waals surface area contributed by atoms with Crippen LogP contribution >= 0.6 is 0 Å². The summed E-state index contributed by atoms with van der Waals surface area (Å²) in [5, 5.41) is 0. The third-order valence-corrected chi connectivity index (χ3v) is 3.56. The van der Waals surface area contributed by atoms with Crippen molar-refractivity contribution in [3.63, 3.8) is 0 Å². The second-order valence-electron chi connectivity index (χ2n) is 5.98. The molecule has 0 amide bonds. The second kappa shape index (κ2) is 3.10. The molecule has 0 saturated carbocycles. The predicted octanol–water partition coefficient (Wildman–Crippen LogP) is 3.22. The zero-order valence-electron chi connectivity index (χ0n) is 10.1. The minimum absolute atomic E-state index is 0.0426. The van der Waals surface area contributed by atoms with E-state index in [0.29, 0.717) is 12.2 Å². The highest BCUT2D eigenvalue weighted by molar-refractivity contribution is 5.97. The van der Waals surface area contributed by atoms with E-state index < -0.39 is 0 Å². The molecule has 0 fully saturated rings. The highest BCUT2D eigenvalue weighted by Gasteiger charge is 2.41. The average Bonchev–Trinajstić information content (AvgIpc) is 2.11. The lowest BCUT2D eigenvalue weighted by atomic mass is 9.74. The van der Waals surface area contributed by atoms with Gasteiger partial charge in [-0.2, -0.15) is 0 Å². The molecule has 0 atom stereocenters. The lowest BCUT2D eigenvalue weighted by molar-refractivity contribution is -0.120. The Morgan fingerprint density at radius 1 is 1.07 bits per heavy atom. The summed E-state index contributed by atoms with van der Waals surface area (Å²) in [7, 11) is 0. The fourth-order valence-electron chi connectivity index (χ4n) is 2.43. The van der Waals surface area contributed by atoms with Crippen molar-refractivity contribution in [1.82, 2.24) is 0 Å². The Hall–Kier alpha value is -0.790. The normalized spacial score (nSPS) is 28.4. The van der Waals surface area contributed by atoms with Gasteiger partial charge in [-0.1, -0.05) is 13.8 Å². The van der Waals surface area contributed by atoms with Gasteiger partial charge >= 0.3 is 0 Å². The highest BCUT2D eigenvalue weighted by atomic mass is 16.5. The number of allylic oxidation sites excluding steroid dienone is 2. The summed E-state index contributed by atoms with van der Waals surface area (Å²) in [4.78, 5) is 11.8. The molecule has 1 heterocycles. The minimum Gasteiger partial charge on any atom is -0.491 e. The summed E-state index contributed by atoms with van der Waals surface area (Å²) < 4.78 is 6.02. The monoisotopic (exact) mass is 208 g/mol. The van der Waals surface area contributed by atoms with Gasteiger partial charge in [0.1, 0.15) is 11.4 Å². The van der Waals surface area contributed by atoms with E-state index in [9.17, 15) is 4.79 Å². The third kappa shape index (κ3) is 1.82. The number of hydrogen-bond donors (Lipinski definition) is 0. The summed E-state index contributed by atoms with van der Waals surface area (Å²) >= 11 is 0. The molecule has 0 aromatic heterocycles. The smallest absolute Gasteiger partial charge is 0.162 e. The highest BCUT2D eigenvalue weighted by Crippen LogP contribution is 2.46. The molecule has 2 nitrogen and oxygen atoms in total.